The van der Waals surface area contributed by atoms with Crippen molar-refractivity contribution in [3.63, 3.8) is 0 Å². The molecule has 0 bridgehead atoms. The van der Waals surface area contributed by atoms with Crippen LogP contribution in [0.25, 0.3) is 11.3 Å². The van der Waals surface area contributed by atoms with Gasteiger partial charge in [0.15, 0.2) is 5.56 Å². The number of aromatic amines is 1. The summed E-state index contributed by atoms with van der Waals surface area (Å²) in [5.74, 6) is -1.90. The number of hydrogen-bond donors (Lipinski definition) is 4. The molecule has 2 rings (SSSR count). The summed E-state index contributed by atoms with van der Waals surface area (Å²) in [6.45, 7) is 8.81. The zero-order valence-electron chi connectivity index (χ0n) is 15.8. The molecule has 0 fully saturated rings. The molecule has 1 aromatic heterocycles. The SMILES string of the molecule is CC.CCCCNc1ccc(-c2[nH]c(=O)c(C(=O)O)c(O)c2CC)cc1. The Morgan fingerprint density at radius 1 is 1.15 bits per heavy atom. The van der Waals surface area contributed by atoms with Crippen molar-refractivity contribution in [2.75, 3.05) is 11.9 Å². The number of benzene rings is 1. The highest BCUT2D eigenvalue weighted by Crippen LogP contribution is 2.30. The van der Waals surface area contributed by atoms with Crippen LogP contribution >= 0.6 is 0 Å². The fraction of sp³-hybridized carbons (Fsp3) is 0.400. The van der Waals surface area contributed by atoms with Crippen molar-refractivity contribution in [1.82, 2.24) is 4.98 Å². The highest BCUT2D eigenvalue weighted by atomic mass is 16.4. The average molecular weight is 360 g/mol. The molecular formula is C20H28N2O4. The van der Waals surface area contributed by atoms with E-state index in [0.717, 1.165) is 30.6 Å². The van der Waals surface area contributed by atoms with Crippen LogP contribution in [0.2, 0.25) is 0 Å². The third kappa shape index (κ3) is 4.88. The molecule has 0 radical (unpaired) electrons. The van der Waals surface area contributed by atoms with Crippen LogP contribution in [0.15, 0.2) is 29.1 Å². The Morgan fingerprint density at radius 3 is 2.27 bits per heavy atom. The molecule has 0 aliphatic heterocycles. The summed E-state index contributed by atoms with van der Waals surface area (Å²) in [7, 11) is 0. The number of H-pyrrole nitrogens is 1. The molecule has 0 atom stereocenters. The van der Waals surface area contributed by atoms with E-state index in [4.69, 9.17) is 5.11 Å². The number of nitrogens with one attached hydrogen (secondary N) is 2. The van der Waals surface area contributed by atoms with Crippen LogP contribution in [0.3, 0.4) is 0 Å². The number of unbranched alkanes of at least 4 members (excludes halogenated alkanes) is 1. The third-order valence-electron chi connectivity index (χ3n) is 3.89. The van der Waals surface area contributed by atoms with Crippen LogP contribution < -0.4 is 10.9 Å². The zero-order chi connectivity index (χ0) is 19.7. The summed E-state index contributed by atoms with van der Waals surface area (Å²) in [5.41, 5.74) is 1.13. The van der Waals surface area contributed by atoms with E-state index in [1.165, 1.54) is 0 Å². The highest BCUT2D eigenvalue weighted by molar-refractivity contribution is 5.91. The molecule has 2 aromatic rings. The molecule has 0 amide bonds. The van der Waals surface area contributed by atoms with Gasteiger partial charge in [-0.3, -0.25) is 4.79 Å². The van der Waals surface area contributed by atoms with Gasteiger partial charge in [0.25, 0.3) is 5.56 Å². The lowest BCUT2D eigenvalue weighted by molar-refractivity contribution is 0.0691. The highest BCUT2D eigenvalue weighted by Gasteiger charge is 2.21. The molecule has 0 aliphatic rings. The van der Waals surface area contributed by atoms with Gasteiger partial charge in [-0.2, -0.15) is 0 Å². The number of carboxylic acids is 1. The first kappa shape index (κ1) is 21.3. The minimum atomic E-state index is -1.44. The zero-order valence-corrected chi connectivity index (χ0v) is 15.8. The standard InChI is InChI=1S/C18H22N2O4.C2H6/c1-3-5-10-19-12-8-6-11(7-9-12)15-13(4-2)16(21)14(18(23)24)17(22)20-15;1-2/h6-9,19H,3-5,10H2,1-2H3,(H,23,24)(H2,20,21,22);1-2H3. The molecule has 0 saturated carbocycles. The Bertz CT molecular complexity index is 780. The molecular weight excluding hydrogens is 332 g/mol. The lowest BCUT2D eigenvalue weighted by atomic mass is 10.0. The van der Waals surface area contributed by atoms with E-state index in [-0.39, 0.29) is 0 Å². The van der Waals surface area contributed by atoms with E-state index in [2.05, 4.69) is 17.2 Å². The van der Waals surface area contributed by atoms with Gasteiger partial charge >= 0.3 is 5.97 Å². The van der Waals surface area contributed by atoms with Crippen molar-refractivity contribution in [1.29, 1.82) is 0 Å². The van der Waals surface area contributed by atoms with Crippen LogP contribution in [0.1, 0.15) is 56.5 Å². The maximum atomic E-state index is 12.0. The monoisotopic (exact) mass is 360 g/mol. The quantitative estimate of drug-likeness (QED) is 0.553. The van der Waals surface area contributed by atoms with E-state index < -0.39 is 22.8 Å². The van der Waals surface area contributed by atoms with Gasteiger partial charge in [-0.1, -0.05) is 46.2 Å². The number of hydrogen-bond acceptors (Lipinski definition) is 4. The molecule has 1 heterocycles. The number of aromatic carboxylic acids is 1. The molecule has 142 valence electrons. The fourth-order valence-electron chi connectivity index (χ4n) is 2.58. The fourth-order valence-corrected chi connectivity index (χ4v) is 2.58. The largest absolute Gasteiger partial charge is 0.506 e. The molecule has 6 nitrogen and oxygen atoms in total. The lowest BCUT2D eigenvalue weighted by Crippen LogP contribution is -2.20. The van der Waals surface area contributed by atoms with Gasteiger partial charge in [0.1, 0.15) is 5.75 Å². The van der Waals surface area contributed by atoms with Crippen LogP contribution in [0.4, 0.5) is 5.69 Å². The van der Waals surface area contributed by atoms with Crippen LogP contribution in [0, 0.1) is 0 Å². The molecule has 4 N–H and O–H groups in total. The van der Waals surface area contributed by atoms with Gasteiger partial charge in [-0.15, -0.1) is 0 Å². The van der Waals surface area contributed by atoms with Gasteiger partial charge in [-0.25, -0.2) is 4.79 Å². The second-order valence-electron chi connectivity index (χ2n) is 5.55. The van der Waals surface area contributed by atoms with E-state index in [1.54, 1.807) is 6.92 Å². The number of pyridine rings is 1. The Balaban J connectivity index is 0.00000163. The summed E-state index contributed by atoms with van der Waals surface area (Å²) in [6, 6.07) is 7.45. The van der Waals surface area contributed by atoms with Gasteiger partial charge < -0.3 is 20.5 Å². The third-order valence-corrected chi connectivity index (χ3v) is 3.89. The van der Waals surface area contributed by atoms with Crippen LogP contribution in [0.5, 0.6) is 5.75 Å². The van der Waals surface area contributed by atoms with Gasteiger partial charge in [0, 0.05) is 17.8 Å². The van der Waals surface area contributed by atoms with E-state index >= 15 is 0 Å². The minimum Gasteiger partial charge on any atom is -0.506 e. The maximum absolute atomic E-state index is 12.0. The average Bonchev–Trinajstić information content (AvgIpc) is 2.63. The molecule has 0 saturated heterocycles. The first-order valence-corrected chi connectivity index (χ1v) is 9.05. The van der Waals surface area contributed by atoms with Crippen molar-refractivity contribution >= 4 is 11.7 Å². The van der Waals surface area contributed by atoms with Crippen molar-refractivity contribution in [3.8, 4) is 17.0 Å². The number of anilines is 1. The first-order chi connectivity index (χ1) is 12.5. The second-order valence-corrected chi connectivity index (χ2v) is 5.55. The molecule has 0 unspecified atom stereocenters. The number of rotatable bonds is 7. The molecule has 26 heavy (non-hydrogen) atoms. The Labute approximate surface area is 153 Å². The molecule has 0 spiro atoms. The summed E-state index contributed by atoms with van der Waals surface area (Å²) in [6.07, 6.45) is 2.59. The van der Waals surface area contributed by atoms with Gasteiger partial charge in [-0.05, 0) is 30.5 Å². The molecule has 0 aliphatic carbocycles. The molecule has 1 aromatic carbocycles. The Kier molecular flexibility index (Phi) is 8.42. The summed E-state index contributed by atoms with van der Waals surface area (Å²) in [4.78, 5) is 25.7. The van der Waals surface area contributed by atoms with Gasteiger partial charge in [0.05, 0.1) is 5.69 Å². The minimum absolute atomic E-state index is 0.398. The predicted molar refractivity (Wildman–Crippen MR) is 105 cm³/mol. The smallest absolute Gasteiger partial charge is 0.345 e. The van der Waals surface area contributed by atoms with Crippen molar-refractivity contribution in [2.45, 2.75) is 47.0 Å². The maximum Gasteiger partial charge on any atom is 0.345 e. The lowest BCUT2D eigenvalue weighted by Gasteiger charge is -2.13. The van der Waals surface area contributed by atoms with Gasteiger partial charge in [0.2, 0.25) is 0 Å². The van der Waals surface area contributed by atoms with Crippen LogP contribution in [-0.4, -0.2) is 27.7 Å². The number of aromatic hydroxyl groups is 1. The number of carbonyl (C=O) groups is 1. The van der Waals surface area contributed by atoms with E-state index in [0.29, 0.717) is 17.7 Å². The van der Waals surface area contributed by atoms with Crippen molar-refractivity contribution in [2.24, 2.45) is 0 Å². The Morgan fingerprint density at radius 2 is 1.77 bits per heavy atom. The number of aromatic nitrogens is 1. The first-order valence-electron chi connectivity index (χ1n) is 9.05. The number of carboxylic acid groups (broad SMARTS) is 1. The van der Waals surface area contributed by atoms with Crippen LogP contribution in [-0.2, 0) is 6.42 Å². The predicted octanol–water partition coefficient (Wildman–Crippen LogP) is 4.25. The topological polar surface area (TPSA) is 102 Å². The normalized spacial score (nSPS) is 10.0. The van der Waals surface area contributed by atoms with E-state index in [1.807, 2.05) is 38.1 Å². The second kappa shape index (κ2) is 10.3. The molecule has 6 heteroatoms. The van der Waals surface area contributed by atoms with E-state index in [9.17, 15) is 14.7 Å². The summed E-state index contributed by atoms with van der Waals surface area (Å²) < 4.78 is 0. The summed E-state index contributed by atoms with van der Waals surface area (Å²) in [5, 5.41) is 22.5. The van der Waals surface area contributed by atoms with Crippen molar-refractivity contribution in [3.05, 3.63) is 45.7 Å². The summed E-state index contributed by atoms with van der Waals surface area (Å²) >= 11 is 0. The van der Waals surface area contributed by atoms with Crippen molar-refractivity contribution < 1.29 is 15.0 Å². The Hall–Kier alpha value is -2.76.